The number of benzene rings is 2. The molecule has 5 fully saturated rings. The molecule has 4 atom stereocenters. The fourth-order valence-electron chi connectivity index (χ4n) is 12.3. The third-order valence-corrected chi connectivity index (χ3v) is 17.4. The van der Waals surface area contributed by atoms with E-state index in [2.05, 4.69) is 51.9 Å². The van der Waals surface area contributed by atoms with Crippen molar-refractivity contribution in [2.75, 3.05) is 60.9 Å². The Hall–Kier alpha value is -6.24. The van der Waals surface area contributed by atoms with Gasteiger partial charge in [0.25, 0.3) is 0 Å². The molecule has 17 nitrogen and oxygen atoms in total. The van der Waals surface area contributed by atoms with Crippen molar-refractivity contribution in [3.05, 3.63) is 89.3 Å². The van der Waals surface area contributed by atoms with Crippen LogP contribution in [0.25, 0.3) is 21.7 Å². The van der Waals surface area contributed by atoms with E-state index in [-0.39, 0.29) is 53.8 Å². The Morgan fingerprint density at radius 3 is 2.43 bits per heavy atom. The first-order valence-corrected chi connectivity index (χ1v) is 26.6. The van der Waals surface area contributed by atoms with Crippen LogP contribution in [0.4, 0.5) is 17.5 Å². The Balaban J connectivity index is 0.637. The number of hydrogen-bond donors (Lipinski definition) is 5. The van der Waals surface area contributed by atoms with Crippen molar-refractivity contribution in [2.24, 2.45) is 16.7 Å². The summed E-state index contributed by atoms with van der Waals surface area (Å²) in [4.78, 5) is 66.0. The normalized spacial score (nSPS) is 25.7. The van der Waals surface area contributed by atoms with Gasteiger partial charge < -0.3 is 45.8 Å². The van der Waals surface area contributed by atoms with Crippen molar-refractivity contribution >= 4 is 46.5 Å². The SMILES string of the molecule is Cc1ncsc1-c1ccc(CNC(=O)[C@@H]2C[C@@H](O)CN2C(=O)[C@@H](NC(=O)C2CC3(C2)CC(N2CCC(c4ccnc(N5CCN6c7cc(-c8ccccc8O)nnc7NC[C@H]6C5)n4)CC2)C3)C(C)(C)C)cc1. The average Bonchev–Trinajstić information content (AvgIpc) is 3.98. The molecule has 0 bridgehead atoms. The number of aromatic hydroxyl groups is 1. The number of nitrogens with one attached hydrogen (secondary N) is 3. The van der Waals surface area contributed by atoms with Crippen LogP contribution in [-0.4, -0.2) is 139 Å². The highest BCUT2D eigenvalue weighted by Crippen LogP contribution is 2.60. The molecule has 72 heavy (non-hydrogen) atoms. The Labute approximate surface area is 424 Å². The number of carbonyl (C=O) groups excluding carboxylic acids is 3. The Bertz CT molecular complexity index is 2810. The molecule has 2 aliphatic carbocycles. The van der Waals surface area contributed by atoms with Crippen molar-refractivity contribution < 1.29 is 24.6 Å². The summed E-state index contributed by atoms with van der Waals surface area (Å²) >= 11 is 1.59. The number of piperidine rings is 1. The van der Waals surface area contributed by atoms with Crippen LogP contribution in [0.15, 0.2) is 72.4 Å². The second-order valence-corrected chi connectivity index (χ2v) is 23.2. The van der Waals surface area contributed by atoms with E-state index in [1.165, 1.54) is 4.90 Å². The smallest absolute Gasteiger partial charge is 0.246 e. The van der Waals surface area contributed by atoms with Gasteiger partial charge in [-0.15, -0.1) is 21.5 Å². The molecule has 11 rings (SSSR count). The summed E-state index contributed by atoms with van der Waals surface area (Å²) in [6, 6.07) is 18.4. The first-order valence-electron chi connectivity index (χ1n) is 25.7. The monoisotopic (exact) mass is 994 g/mol. The molecule has 5 aromatic rings. The van der Waals surface area contributed by atoms with E-state index in [1.807, 2.05) is 81.9 Å². The van der Waals surface area contributed by atoms with E-state index in [4.69, 9.17) is 9.97 Å². The molecule has 7 heterocycles. The first kappa shape index (κ1) is 48.1. The first-order chi connectivity index (χ1) is 34.7. The fourth-order valence-corrected chi connectivity index (χ4v) is 13.1. The van der Waals surface area contributed by atoms with Crippen LogP contribution in [0.2, 0.25) is 0 Å². The summed E-state index contributed by atoms with van der Waals surface area (Å²) in [7, 11) is 0. The van der Waals surface area contributed by atoms with Crippen LogP contribution < -0.4 is 25.8 Å². The molecule has 2 saturated carbocycles. The number of piperazine rings is 1. The number of thiazole rings is 1. The molecule has 0 unspecified atom stereocenters. The molecule has 3 aromatic heterocycles. The van der Waals surface area contributed by atoms with Gasteiger partial charge in [-0.2, -0.15) is 0 Å². The number of carbonyl (C=O) groups is 3. The lowest BCUT2D eigenvalue weighted by molar-refractivity contribution is -0.150. The highest BCUT2D eigenvalue weighted by atomic mass is 32.1. The summed E-state index contributed by atoms with van der Waals surface area (Å²) < 4.78 is 0. The summed E-state index contributed by atoms with van der Waals surface area (Å²) in [5, 5.41) is 39.7. The van der Waals surface area contributed by atoms with Gasteiger partial charge in [0.05, 0.1) is 39.6 Å². The number of rotatable bonds is 11. The number of para-hydroxylation sites is 1. The topological polar surface area (TPSA) is 205 Å². The minimum Gasteiger partial charge on any atom is -0.507 e. The maximum Gasteiger partial charge on any atom is 0.246 e. The number of aromatic nitrogens is 5. The number of aryl methyl sites for hydroxylation is 1. The van der Waals surface area contributed by atoms with Crippen LogP contribution in [0.3, 0.4) is 0 Å². The summed E-state index contributed by atoms with van der Waals surface area (Å²) in [5.41, 5.74) is 7.79. The third kappa shape index (κ3) is 9.48. The molecule has 3 saturated heterocycles. The van der Waals surface area contributed by atoms with E-state index >= 15 is 0 Å². The van der Waals surface area contributed by atoms with Crippen molar-refractivity contribution in [3.63, 3.8) is 0 Å². The Kier molecular flexibility index (Phi) is 12.9. The molecule has 18 heteroatoms. The molecule has 1 spiro atoms. The zero-order chi connectivity index (χ0) is 49.9. The molecular formula is C54H66N12O5S. The maximum atomic E-state index is 14.3. The van der Waals surface area contributed by atoms with Crippen LogP contribution >= 0.6 is 11.3 Å². The van der Waals surface area contributed by atoms with E-state index in [0.717, 1.165) is 123 Å². The lowest BCUT2D eigenvalue weighted by Crippen LogP contribution is -2.62. The number of aliphatic hydroxyl groups is 1. The average molecular weight is 995 g/mol. The molecule has 4 aliphatic heterocycles. The standard InChI is InChI=1S/C54H66N12O5S/c1-32-46(72-31-58-32)35-11-9-33(10-12-35)27-57-50(70)44-21-39(67)30-66(44)51(71)47(53(2,3)4)60-49(69)36-23-54(24-36)25-37(26-54)63-17-14-34(15-18-63)41-13-16-55-52(59-41)64-19-20-65-38(29-64)28-56-48-43(65)22-42(61-62-48)40-7-5-6-8-45(40)68/h5-13,16,22,31,34,36-39,44,47,67-68H,14-15,17-21,23-30H2,1-4H3,(H,56,62)(H,57,70)(H,60,69)/t36?,37?,38-,39+,44-,47+,54?/m0/s1. The van der Waals surface area contributed by atoms with Gasteiger partial charge in [0.2, 0.25) is 23.7 Å². The van der Waals surface area contributed by atoms with Gasteiger partial charge in [0, 0.05) is 81.0 Å². The molecule has 0 radical (unpaired) electrons. The van der Waals surface area contributed by atoms with Gasteiger partial charge in [-0.3, -0.25) is 14.4 Å². The predicted octanol–water partition coefficient (Wildman–Crippen LogP) is 5.74. The molecule has 3 amide bonds. The zero-order valence-corrected chi connectivity index (χ0v) is 42.4. The van der Waals surface area contributed by atoms with Crippen molar-refractivity contribution in [1.29, 1.82) is 0 Å². The summed E-state index contributed by atoms with van der Waals surface area (Å²) in [5.74, 6) is 1.20. The summed E-state index contributed by atoms with van der Waals surface area (Å²) in [6.45, 7) is 13.3. The number of β-amino-alcohol motifs (C(OH)–C–C–N with tert-alkyl or cyclic N) is 1. The summed E-state index contributed by atoms with van der Waals surface area (Å²) in [6.07, 6.45) is 7.15. The van der Waals surface area contributed by atoms with Crippen molar-refractivity contribution in [1.82, 2.24) is 45.6 Å². The van der Waals surface area contributed by atoms with E-state index in [0.29, 0.717) is 29.8 Å². The number of phenolic OH excluding ortho intramolecular Hbond substituents is 1. The van der Waals surface area contributed by atoms with Crippen LogP contribution in [0, 0.1) is 23.7 Å². The Morgan fingerprint density at radius 2 is 1.69 bits per heavy atom. The van der Waals surface area contributed by atoms with Gasteiger partial charge >= 0.3 is 0 Å². The van der Waals surface area contributed by atoms with Crippen molar-refractivity contribution in [2.45, 2.75) is 115 Å². The predicted molar refractivity (Wildman–Crippen MR) is 276 cm³/mol. The van der Waals surface area contributed by atoms with Crippen LogP contribution in [0.1, 0.15) is 88.6 Å². The van der Waals surface area contributed by atoms with E-state index in [9.17, 15) is 24.6 Å². The fraction of sp³-hybridized carbons (Fsp3) is 0.519. The van der Waals surface area contributed by atoms with Gasteiger partial charge in [-0.25, -0.2) is 15.0 Å². The second-order valence-electron chi connectivity index (χ2n) is 22.3. The number of likely N-dealkylation sites (tertiary alicyclic amines) is 2. The highest BCUT2D eigenvalue weighted by Gasteiger charge is 2.57. The lowest BCUT2D eigenvalue weighted by atomic mass is 9.49. The molecule has 5 N–H and O–H groups in total. The number of nitrogens with zero attached hydrogens (tertiary/aromatic N) is 9. The molecule has 6 aliphatic rings. The lowest BCUT2D eigenvalue weighted by Gasteiger charge is -2.60. The number of phenols is 1. The number of hydrogen-bond acceptors (Lipinski definition) is 15. The van der Waals surface area contributed by atoms with Crippen LogP contribution in [0.5, 0.6) is 5.75 Å². The zero-order valence-electron chi connectivity index (χ0n) is 41.6. The van der Waals surface area contributed by atoms with Crippen molar-refractivity contribution in [3.8, 4) is 27.4 Å². The van der Waals surface area contributed by atoms with E-state index in [1.54, 1.807) is 23.5 Å². The number of aliphatic hydroxyl groups excluding tert-OH is 1. The Morgan fingerprint density at radius 1 is 0.917 bits per heavy atom. The third-order valence-electron chi connectivity index (χ3n) is 16.4. The van der Waals surface area contributed by atoms with E-state index < -0.39 is 23.6 Å². The van der Waals surface area contributed by atoms with Gasteiger partial charge in [0.1, 0.15) is 17.8 Å². The van der Waals surface area contributed by atoms with Gasteiger partial charge in [-0.05, 0) is 105 Å². The number of anilines is 3. The highest BCUT2D eigenvalue weighted by molar-refractivity contribution is 7.13. The maximum absolute atomic E-state index is 14.3. The number of amides is 3. The minimum absolute atomic E-state index is 0.0440. The van der Waals surface area contributed by atoms with Crippen LogP contribution in [-0.2, 0) is 20.9 Å². The molecular weight excluding hydrogens is 929 g/mol. The van der Waals surface area contributed by atoms with Gasteiger partial charge in [-0.1, -0.05) is 57.2 Å². The molecule has 378 valence electrons. The largest absolute Gasteiger partial charge is 0.507 e. The number of fused-ring (bicyclic) bond motifs is 3. The quantitative estimate of drug-likeness (QED) is 0.107. The van der Waals surface area contributed by atoms with Gasteiger partial charge in [0.15, 0.2) is 5.82 Å². The molecule has 2 aromatic carbocycles. The second kappa shape index (κ2) is 19.3. The minimum atomic E-state index is -0.841.